The van der Waals surface area contributed by atoms with Gasteiger partial charge in [-0.15, -0.1) is 10.2 Å². The molecule has 224 valence electrons. The van der Waals surface area contributed by atoms with Crippen LogP contribution in [0.3, 0.4) is 0 Å². The molecule has 0 aliphatic carbocycles. The van der Waals surface area contributed by atoms with Crippen molar-refractivity contribution >= 4 is 11.0 Å². The number of piperidine rings is 1. The molecule has 1 saturated heterocycles. The zero-order valence-corrected chi connectivity index (χ0v) is 22.8. The van der Waals surface area contributed by atoms with Crippen LogP contribution >= 0.6 is 0 Å². The van der Waals surface area contributed by atoms with Crippen LogP contribution in [-0.2, 0) is 12.7 Å². The van der Waals surface area contributed by atoms with Crippen molar-refractivity contribution in [1.82, 2.24) is 24.2 Å². The normalized spacial score (nSPS) is 15.2. The van der Waals surface area contributed by atoms with Crippen molar-refractivity contribution < 1.29 is 30.8 Å². The summed E-state index contributed by atoms with van der Waals surface area (Å²) < 4.78 is 88.5. The van der Waals surface area contributed by atoms with E-state index in [2.05, 4.69) is 15.1 Å². The van der Waals surface area contributed by atoms with Gasteiger partial charge < -0.3 is 9.32 Å². The monoisotopic (exact) mass is 601 g/mol. The van der Waals surface area contributed by atoms with Crippen molar-refractivity contribution in [3.63, 3.8) is 0 Å². The standard InChI is InChI=1S/C30H25F6N5O2/c1-39-12-10-22(11-13-39)41-24-9-6-18(17-4-7-21(8-5-17)30(34,35)36)15-25(24)40(29(41)42)16-20-3-2-19(14-23(20)31)27-37-38-28(43-27)26(32)33/h2-9,14-15,22,26H,10-13,16H2,1H3. The molecule has 1 fully saturated rings. The summed E-state index contributed by atoms with van der Waals surface area (Å²) in [6.07, 6.45) is -5.96. The smallest absolute Gasteiger partial charge is 0.415 e. The van der Waals surface area contributed by atoms with Gasteiger partial charge in [-0.3, -0.25) is 9.13 Å². The zero-order chi connectivity index (χ0) is 30.5. The van der Waals surface area contributed by atoms with E-state index in [9.17, 15) is 26.7 Å². The fourth-order valence-corrected chi connectivity index (χ4v) is 5.49. The molecule has 1 aliphatic rings. The summed E-state index contributed by atoms with van der Waals surface area (Å²) in [5.41, 5.74) is 1.41. The van der Waals surface area contributed by atoms with Gasteiger partial charge in [-0.25, -0.2) is 9.18 Å². The van der Waals surface area contributed by atoms with E-state index in [1.807, 2.05) is 7.05 Å². The maximum atomic E-state index is 15.3. The zero-order valence-electron chi connectivity index (χ0n) is 22.8. The SMILES string of the molecule is CN1CCC(n2c(=O)n(Cc3ccc(-c4nnc(C(F)F)o4)cc3F)c3cc(-c4ccc(C(F)(F)F)cc4)ccc32)CC1. The highest BCUT2D eigenvalue weighted by Gasteiger charge is 2.30. The van der Waals surface area contributed by atoms with Gasteiger partial charge in [0.2, 0.25) is 5.89 Å². The number of likely N-dealkylation sites (tertiary alicyclic amines) is 1. The van der Waals surface area contributed by atoms with Crippen molar-refractivity contribution in [2.24, 2.45) is 0 Å². The summed E-state index contributed by atoms with van der Waals surface area (Å²) in [5, 5.41) is 6.81. The Morgan fingerprint density at radius 1 is 0.907 bits per heavy atom. The lowest BCUT2D eigenvalue weighted by Gasteiger charge is -2.29. The highest BCUT2D eigenvalue weighted by Crippen LogP contribution is 2.33. The number of hydrogen-bond acceptors (Lipinski definition) is 5. The number of aromatic nitrogens is 4. The van der Waals surface area contributed by atoms with Crippen LogP contribution in [0.4, 0.5) is 26.3 Å². The molecule has 43 heavy (non-hydrogen) atoms. The lowest BCUT2D eigenvalue weighted by Crippen LogP contribution is -2.36. The molecule has 7 nitrogen and oxygen atoms in total. The van der Waals surface area contributed by atoms with Gasteiger partial charge in [0.05, 0.1) is 23.1 Å². The molecule has 0 spiro atoms. The molecule has 0 atom stereocenters. The molecule has 1 aliphatic heterocycles. The van der Waals surface area contributed by atoms with Crippen molar-refractivity contribution in [2.75, 3.05) is 20.1 Å². The molecular formula is C30H25F6N5O2. The molecule has 5 aromatic rings. The van der Waals surface area contributed by atoms with E-state index in [1.54, 1.807) is 22.8 Å². The molecule has 0 bridgehead atoms. The second kappa shape index (κ2) is 11.0. The molecule has 0 radical (unpaired) electrons. The number of alkyl halides is 5. The fraction of sp³-hybridized carbons (Fsp3) is 0.300. The molecular weight excluding hydrogens is 576 g/mol. The molecule has 0 saturated carbocycles. The number of benzene rings is 3. The first-order valence-corrected chi connectivity index (χ1v) is 13.5. The van der Waals surface area contributed by atoms with E-state index in [1.165, 1.54) is 28.8 Å². The Balaban J connectivity index is 1.41. The quantitative estimate of drug-likeness (QED) is 0.198. The first-order chi connectivity index (χ1) is 20.5. The first-order valence-electron chi connectivity index (χ1n) is 13.5. The highest BCUT2D eigenvalue weighted by molar-refractivity contribution is 5.83. The van der Waals surface area contributed by atoms with E-state index >= 15 is 4.39 Å². The minimum absolute atomic E-state index is 0.0850. The van der Waals surface area contributed by atoms with Crippen LogP contribution in [0.25, 0.3) is 33.6 Å². The second-order valence-electron chi connectivity index (χ2n) is 10.6. The third-order valence-electron chi connectivity index (χ3n) is 7.82. The average molecular weight is 602 g/mol. The fourth-order valence-electron chi connectivity index (χ4n) is 5.49. The van der Waals surface area contributed by atoms with Gasteiger partial charge in [0.25, 0.3) is 5.89 Å². The molecule has 0 amide bonds. The molecule has 6 rings (SSSR count). The highest BCUT2D eigenvalue weighted by atomic mass is 19.4. The van der Waals surface area contributed by atoms with Crippen LogP contribution in [0.5, 0.6) is 0 Å². The Kier molecular flexibility index (Phi) is 7.36. The third kappa shape index (κ3) is 5.56. The topological polar surface area (TPSA) is 69.1 Å². The summed E-state index contributed by atoms with van der Waals surface area (Å²) in [6.45, 7) is 1.45. The van der Waals surface area contributed by atoms with Gasteiger partial charge in [0, 0.05) is 17.2 Å². The van der Waals surface area contributed by atoms with Crippen molar-refractivity contribution in [2.45, 2.75) is 38.0 Å². The van der Waals surface area contributed by atoms with E-state index < -0.39 is 29.9 Å². The minimum Gasteiger partial charge on any atom is -0.415 e. The predicted molar refractivity (Wildman–Crippen MR) is 146 cm³/mol. The maximum absolute atomic E-state index is 15.3. The van der Waals surface area contributed by atoms with Gasteiger partial charge in [0.1, 0.15) is 5.82 Å². The molecule has 3 heterocycles. The van der Waals surface area contributed by atoms with Gasteiger partial charge in [-0.2, -0.15) is 22.0 Å². The number of fused-ring (bicyclic) bond motifs is 1. The lowest BCUT2D eigenvalue weighted by atomic mass is 10.0. The van der Waals surface area contributed by atoms with Crippen molar-refractivity contribution in [3.05, 3.63) is 94.0 Å². The van der Waals surface area contributed by atoms with Gasteiger partial charge in [0.15, 0.2) is 0 Å². The van der Waals surface area contributed by atoms with Crippen LogP contribution in [0.2, 0.25) is 0 Å². The predicted octanol–water partition coefficient (Wildman–Crippen LogP) is 6.93. The Morgan fingerprint density at radius 2 is 1.58 bits per heavy atom. The summed E-state index contributed by atoms with van der Waals surface area (Å²) in [4.78, 5) is 16.1. The second-order valence-corrected chi connectivity index (χ2v) is 10.6. The summed E-state index contributed by atoms with van der Waals surface area (Å²) in [5.74, 6) is -1.85. The van der Waals surface area contributed by atoms with Crippen molar-refractivity contribution in [3.8, 4) is 22.6 Å². The number of rotatable bonds is 6. The molecule has 13 heteroatoms. The number of halogens is 6. The number of nitrogens with zero attached hydrogens (tertiary/aromatic N) is 5. The van der Waals surface area contributed by atoms with Crippen LogP contribution < -0.4 is 5.69 Å². The first kappa shape index (κ1) is 28.7. The van der Waals surface area contributed by atoms with Crippen LogP contribution in [-0.4, -0.2) is 44.4 Å². The van der Waals surface area contributed by atoms with E-state index in [-0.39, 0.29) is 35.3 Å². The van der Waals surface area contributed by atoms with Crippen LogP contribution in [0.15, 0.2) is 69.9 Å². The van der Waals surface area contributed by atoms with E-state index in [0.717, 1.165) is 44.1 Å². The number of hydrogen-bond donors (Lipinski definition) is 0. The van der Waals surface area contributed by atoms with E-state index in [4.69, 9.17) is 4.42 Å². The van der Waals surface area contributed by atoms with E-state index in [0.29, 0.717) is 22.2 Å². The Morgan fingerprint density at radius 3 is 2.21 bits per heavy atom. The lowest BCUT2D eigenvalue weighted by molar-refractivity contribution is -0.137. The minimum atomic E-state index is -4.47. The summed E-state index contributed by atoms with van der Waals surface area (Å²) in [6, 6.07) is 13.8. The van der Waals surface area contributed by atoms with Crippen molar-refractivity contribution in [1.29, 1.82) is 0 Å². The maximum Gasteiger partial charge on any atom is 0.416 e. The molecule has 0 N–H and O–H groups in total. The van der Waals surface area contributed by atoms with Gasteiger partial charge in [-0.05, 0) is 80.5 Å². The third-order valence-corrected chi connectivity index (χ3v) is 7.82. The van der Waals surface area contributed by atoms with Gasteiger partial charge in [-0.1, -0.05) is 24.3 Å². The molecule has 3 aromatic carbocycles. The van der Waals surface area contributed by atoms with Crippen LogP contribution in [0.1, 0.15) is 42.3 Å². The molecule has 2 aromatic heterocycles. The number of imidazole rings is 1. The Labute approximate surface area is 241 Å². The Bertz CT molecular complexity index is 1830. The Hall–Kier alpha value is -4.39. The summed E-state index contributed by atoms with van der Waals surface area (Å²) in [7, 11) is 2.01. The average Bonchev–Trinajstić information content (AvgIpc) is 3.58. The molecule has 0 unspecified atom stereocenters. The van der Waals surface area contributed by atoms with Crippen LogP contribution in [0, 0.1) is 5.82 Å². The largest absolute Gasteiger partial charge is 0.416 e. The summed E-state index contributed by atoms with van der Waals surface area (Å²) >= 11 is 0. The van der Waals surface area contributed by atoms with Gasteiger partial charge >= 0.3 is 18.3 Å².